The molecule has 8 nitrogen and oxygen atoms in total. The SMILES string of the molecule is CC(=O)Nc1ccc(C(=O)N2CC[C@H]3CCCC[C@H]3C2)c(Cl)c1.O=C(CCc1ccccc1)Nc1ccc(C(=O)N2CC[C@H]3CCCC[C@H]3C2)c(Cl)c1. The van der Waals surface area contributed by atoms with Crippen LogP contribution >= 0.6 is 23.2 Å². The minimum Gasteiger partial charge on any atom is -0.338 e. The summed E-state index contributed by atoms with van der Waals surface area (Å²) in [6, 6.07) is 20.2. The molecule has 4 amide bonds. The van der Waals surface area contributed by atoms with E-state index >= 15 is 0 Å². The van der Waals surface area contributed by atoms with Crippen molar-refractivity contribution in [2.45, 2.75) is 84.0 Å². The second-order valence-electron chi connectivity index (χ2n) is 15.3. The third kappa shape index (κ3) is 10.4. The molecule has 0 radical (unpaired) electrons. The maximum Gasteiger partial charge on any atom is 0.255 e. The van der Waals surface area contributed by atoms with Crippen LogP contribution in [0.5, 0.6) is 0 Å². The van der Waals surface area contributed by atoms with Crippen molar-refractivity contribution >= 4 is 58.2 Å². The number of nitrogens with zero attached hydrogens (tertiary/aromatic N) is 2. The Labute approximate surface area is 324 Å². The van der Waals surface area contributed by atoms with Gasteiger partial charge in [-0.05, 0) is 97.7 Å². The van der Waals surface area contributed by atoms with Crippen molar-refractivity contribution in [1.82, 2.24) is 9.80 Å². The van der Waals surface area contributed by atoms with Gasteiger partial charge in [0.2, 0.25) is 11.8 Å². The van der Waals surface area contributed by atoms with Gasteiger partial charge in [0.25, 0.3) is 11.8 Å². The van der Waals surface area contributed by atoms with Crippen LogP contribution in [0.2, 0.25) is 10.0 Å². The number of carbonyl (C=O) groups is 4. The number of hydrogen-bond acceptors (Lipinski definition) is 4. The van der Waals surface area contributed by atoms with Crippen molar-refractivity contribution in [3.05, 3.63) is 93.5 Å². The van der Waals surface area contributed by atoms with Gasteiger partial charge in [0, 0.05) is 50.9 Å². The summed E-state index contributed by atoms with van der Waals surface area (Å²) >= 11 is 12.7. The summed E-state index contributed by atoms with van der Waals surface area (Å²) in [5.74, 6) is 2.67. The predicted molar refractivity (Wildman–Crippen MR) is 213 cm³/mol. The van der Waals surface area contributed by atoms with E-state index in [1.54, 1.807) is 36.4 Å². The van der Waals surface area contributed by atoms with E-state index < -0.39 is 0 Å². The zero-order valence-electron chi connectivity index (χ0n) is 30.8. The fraction of sp³-hybridized carbons (Fsp3) is 0.488. The molecule has 3 aromatic carbocycles. The molecular weight excluding hydrogens is 707 g/mol. The lowest BCUT2D eigenvalue weighted by Crippen LogP contribution is -2.44. The number of hydrogen-bond donors (Lipinski definition) is 2. The quantitative estimate of drug-likeness (QED) is 0.251. The smallest absolute Gasteiger partial charge is 0.255 e. The summed E-state index contributed by atoms with van der Waals surface area (Å²) in [5.41, 5.74) is 3.42. The van der Waals surface area contributed by atoms with E-state index in [9.17, 15) is 19.2 Å². The summed E-state index contributed by atoms with van der Waals surface area (Å²) in [6.45, 7) is 4.78. The fourth-order valence-corrected chi connectivity index (χ4v) is 9.30. The van der Waals surface area contributed by atoms with Gasteiger partial charge >= 0.3 is 0 Å². The lowest BCUT2D eigenvalue weighted by atomic mass is 9.75. The van der Waals surface area contributed by atoms with E-state index in [0.717, 1.165) is 56.4 Å². The highest BCUT2D eigenvalue weighted by Gasteiger charge is 2.35. The van der Waals surface area contributed by atoms with Crippen LogP contribution in [0.4, 0.5) is 11.4 Å². The van der Waals surface area contributed by atoms with E-state index in [1.807, 2.05) is 40.1 Å². The molecule has 0 spiro atoms. The summed E-state index contributed by atoms with van der Waals surface area (Å²) in [4.78, 5) is 53.1. The van der Waals surface area contributed by atoms with E-state index in [-0.39, 0.29) is 23.6 Å². The molecule has 2 saturated heterocycles. The highest BCUT2D eigenvalue weighted by molar-refractivity contribution is 6.34. The zero-order chi connectivity index (χ0) is 37.3. The number of benzene rings is 3. The number of halogens is 2. The molecule has 10 heteroatoms. The number of anilines is 2. The first-order chi connectivity index (χ1) is 25.6. The van der Waals surface area contributed by atoms with Crippen molar-refractivity contribution in [3.8, 4) is 0 Å². The van der Waals surface area contributed by atoms with Crippen molar-refractivity contribution in [2.75, 3.05) is 36.8 Å². The van der Waals surface area contributed by atoms with Gasteiger partial charge in [0.05, 0.1) is 21.2 Å². The largest absolute Gasteiger partial charge is 0.338 e. The number of likely N-dealkylation sites (tertiary alicyclic amines) is 2. The second-order valence-corrected chi connectivity index (χ2v) is 16.1. The van der Waals surface area contributed by atoms with Gasteiger partial charge in [-0.25, -0.2) is 0 Å². The Hall–Kier alpha value is -3.88. The number of carbonyl (C=O) groups excluding carboxylic acids is 4. The van der Waals surface area contributed by atoms with Gasteiger partial charge in [-0.1, -0.05) is 92.1 Å². The lowest BCUT2D eigenvalue weighted by molar-refractivity contribution is -0.116. The molecule has 2 aliphatic carbocycles. The van der Waals surface area contributed by atoms with Crippen molar-refractivity contribution in [1.29, 1.82) is 0 Å². The van der Waals surface area contributed by atoms with Crippen molar-refractivity contribution in [3.63, 3.8) is 0 Å². The van der Waals surface area contributed by atoms with Crippen LogP contribution in [0.25, 0.3) is 0 Å². The molecule has 7 rings (SSSR count). The van der Waals surface area contributed by atoms with Gasteiger partial charge in [0.1, 0.15) is 0 Å². The van der Waals surface area contributed by atoms with Crippen LogP contribution in [0.3, 0.4) is 0 Å². The predicted octanol–water partition coefficient (Wildman–Crippen LogP) is 9.51. The Kier molecular flexibility index (Phi) is 13.5. The summed E-state index contributed by atoms with van der Waals surface area (Å²) in [7, 11) is 0. The molecule has 2 heterocycles. The molecule has 4 fully saturated rings. The van der Waals surface area contributed by atoms with Crippen LogP contribution in [0, 0.1) is 23.7 Å². The van der Waals surface area contributed by atoms with Crippen LogP contribution in [-0.4, -0.2) is 59.6 Å². The average molecular weight is 760 g/mol. The number of piperidine rings is 2. The fourth-order valence-electron chi connectivity index (χ4n) is 8.77. The summed E-state index contributed by atoms with van der Waals surface area (Å²) in [5, 5.41) is 6.36. The molecule has 3 aromatic rings. The number of amides is 4. The van der Waals surface area contributed by atoms with Gasteiger partial charge in [-0.15, -0.1) is 0 Å². The first kappa shape index (κ1) is 38.8. The van der Waals surface area contributed by atoms with Crippen LogP contribution < -0.4 is 10.6 Å². The second kappa shape index (κ2) is 18.4. The third-order valence-corrected chi connectivity index (χ3v) is 12.3. The molecule has 0 bridgehead atoms. The van der Waals surface area contributed by atoms with Crippen LogP contribution in [0.1, 0.15) is 104 Å². The zero-order valence-corrected chi connectivity index (χ0v) is 32.3. The molecule has 2 N–H and O–H groups in total. The maximum absolute atomic E-state index is 13.0. The number of nitrogens with one attached hydrogen (secondary N) is 2. The third-order valence-electron chi connectivity index (χ3n) is 11.6. The maximum atomic E-state index is 13.0. The van der Waals surface area contributed by atoms with E-state index in [4.69, 9.17) is 23.2 Å². The Morgan fingerprint density at radius 2 is 1.09 bits per heavy atom. The molecule has 282 valence electrons. The van der Waals surface area contributed by atoms with Gasteiger partial charge in [-0.3, -0.25) is 19.2 Å². The number of fused-ring (bicyclic) bond motifs is 2. The molecular formula is C43H52Cl2N4O4. The number of aryl methyl sites for hydroxylation is 1. The molecule has 2 aliphatic heterocycles. The Bertz CT molecular complexity index is 1770. The standard InChI is InChI=1S/C25H29ClN2O2.C18H23ClN2O2/c26-23-16-21(27-24(29)13-10-18-6-2-1-3-7-18)11-12-22(23)25(30)28-15-14-19-8-4-5-9-20(19)17-28;1-12(22)20-15-6-7-16(17(19)10-15)18(23)21-9-8-13-4-2-3-5-14(13)11-21/h1-3,6-7,11-12,16,19-20H,4-5,8-10,13-15,17H2,(H,27,29);6-7,10,13-14H,2-5,8-9,11H2,1H3,(H,20,22)/t19-,20+;13-,14+/m11/s1. The van der Waals surface area contributed by atoms with Crippen LogP contribution in [0.15, 0.2) is 66.7 Å². The molecule has 0 unspecified atom stereocenters. The van der Waals surface area contributed by atoms with Gasteiger partial charge in [-0.2, -0.15) is 0 Å². The monoisotopic (exact) mass is 758 g/mol. The molecule has 0 aromatic heterocycles. The highest BCUT2D eigenvalue weighted by Crippen LogP contribution is 2.38. The van der Waals surface area contributed by atoms with Crippen LogP contribution in [-0.2, 0) is 16.0 Å². The van der Waals surface area contributed by atoms with E-state index in [2.05, 4.69) is 10.6 Å². The topological polar surface area (TPSA) is 98.8 Å². The lowest BCUT2D eigenvalue weighted by Gasteiger charge is -2.41. The molecule has 2 saturated carbocycles. The van der Waals surface area contributed by atoms with Gasteiger partial charge < -0.3 is 20.4 Å². The number of rotatable bonds is 7. The Morgan fingerprint density at radius 1 is 0.623 bits per heavy atom. The summed E-state index contributed by atoms with van der Waals surface area (Å²) < 4.78 is 0. The van der Waals surface area contributed by atoms with E-state index in [0.29, 0.717) is 57.2 Å². The highest BCUT2D eigenvalue weighted by atomic mass is 35.5. The normalized spacial score (nSPS) is 22.3. The average Bonchev–Trinajstić information content (AvgIpc) is 3.17. The first-order valence-corrected chi connectivity index (χ1v) is 20.2. The summed E-state index contributed by atoms with van der Waals surface area (Å²) in [6.07, 6.45) is 13.6. The van der Waals surface area contributed by atoms with Gasteiger partial charge in [0.15, 0.2) is 0 Å². The molecule has 53 heavy (non-hydrogen) atoms. The molecule has 4 atom stereocenters. The van der Waals surface area contributed by atoms with E-state index in [1.165, 1.54) is 58.3 Å². The molecule has 4 aliphatic rings. The Morgan fingerprint density at radius 3 is 1.57 bits per heavy atom. The van der Waals surface area contributed by atoms with Crippen molar-refractivity contribution < 1.29 is 19.2 Å². The Balaban J connectivity index is 0.000000188. The minimum absolute atomic E-state index is 0.00553. The minimum atomic E-state index is -0.153. The first-order valence-electron chi connectivity index (χ1n) is 19.4. The van der Waals surface area contributed by atoms with Crippen molar-refractivity contribution in [2.24, 2.45) is 23.7 Å².